The number of rotatable bonds is 1. The molecule has 1 heterocycles. The Morgan fingerprint density at radius 1 is 1.33 bits per heavy atom. The third-order valence-electron chi connectivity index (χ3n) is 2.14. The molecule has 0 unspecified atom stereocenters. The molecule has 78 valence electrons. The maximum absolute atomic E-state index is 13.1. The molecular weight excluding hydrogens is 233 g/mol. The lowest BCUT2D eigenvalue weighted by Crippen LogP contribution is -1.83. The monoisotopic (exact) mass is 241 g/mol. The van der Waals surface area contributed by atoms with Gasteiger partial charge in [0, 0.05) is 5.56 Å². The van der Waals surface area contributed by atoms with Crippen LogP contribution in [0.4, 0.5) is 4.39 Å². The molecule has 0 saturated heterocycles. The lowest BCUT2D eigenvalue weighted by Gasteiger charge is -1.99. The van der Waals surface area contributed by atoms with Crippen molar-refractivity contribution in [2.45, 2.75) is 13.8 Å². The zero-order chi connectivity index (χ0) is 11.0. The number of hydrogen-bond donors (Lipinski definition) is 0. The van der Waals surface area contributed by atoms with Gasteiger partial charge in [0.05, 0.1) is 5.69 Å². The van der Waals surface area contributed by atoms with Crippen LogP contribution in [0.25, 0.3) is 10.6 Å². The average molecular weight is 242 g/mol. The molecule has 0 spiro atoms. The van der Waals surface area contributed by atoms with Gasteiger partial charge in [-0.1, -0.05) is 11.6 Å². The molecule has 0 amide bonds. The topological polar surface area (TPSA) is 12.9 Å². The Balaban J connectivity index is 2.49. The van der Waals surface area contributed by atoms with Gasteiger partial charge >= 0.3 is 0 Å². The molecule has 15 heavy (non-hydrogen) atoms. The van der Waals surface area contributed by atoms with Crippen molar-refractivity contribution in [3.63, 3.8) is 0 Å². The van der Waals surface area contributed by atoms with Crippen LogP contribution in [0, 0.1) is 19.7 Å². The second kappa shape index (κ2) is 3.91. The zero-order valence-electron chi connectivity index (χ0n) is 8.34. The standard InChI is InChI=1S/C11H9ClFNS/c1-6-5-8(3-4-9(6)13)11-14-7(2)10(12)15-11/h3-5H,1-2H3. The van der Waals surface area contributed by atoms with Crippen LogP contribution in [-0.4, -0.2) is 4.98 Å². The third-order valence-corrected chi connectivity index (χ3v) is 3.64. The summed E-state index contributed by atoms with van der Waals surface area (Å²) in [6, 6.07) is 4.95. The summed E-state index contributed by atoms with van der Waals surface area (Å²) in [6.07, 6.45) is 0. The Morgan fingerprint density at radius 3 is 2.60 bits per heavy atom. The number of nitrogens with zero attached hydrogens (tertiary/aromatic N) is 1. The Hall–Kier alpha value is -0.930. The van der Waals surface area contributed by atoms with E-state index in [4.69, 9.17) is 11.6 Å². The second-order valence-electron chi connectivity index (χ2n) is 3.34. The quantitative estimate of drug-likeness (QED) is 0.729. The summed E-state index contributed by atoms with van der Waals surface area (Å²) < 4.78 is 13.7. The van der Waals surface area contributed by atoms with Crippen LogP contribution in [0.1, 0.15) is 11.3 Å². The normalized spacial score (nSPS) is 10.7. The maximum atomic E-state index is 13.1. The van der Waals surface area contributed by atoms with Crippen molar-refractivity contribution >= 4 is 22.9 Å². The lowest BCUT2D eigenvalue weighted by atomic mass is 10.1. The highest BCUT2D eigenvalue weighted by Crippen LogP contribution is 2.31. The molecule has 2 rings (SSSR count). The lowest BCUT2D eigenvalue weighted by molar-refractivity contribution is 0.619. The molecule has 0 saturated carbocycles. The minimum absolute atomic E-state index is 0.196. The molecule has 1 aromatic heterocycles. The summed E-state index contributed by atoms with van der Waals surface area (Å²) in [6.45, 7) is 3.60. The number of aryl methyl sites for hydroxylation is 2. The predicted molar refractivity (Wildman–Crippen MR) is 62.0 cm³/mol. The van der Waals surface area contributed by atoms with E-state index in [1.54, 1.807) is 19.1 Å². The smallest absolute Gasteiger partial charge is 0.126 e. The van der Waals surface area contributed by atoms with E-state index in [9.17, 15) is 4.39 Å². The van der Waals surface area contributed by atoms with Crippen molar-refractivity contribution in [1.82, 2.24) is 4.98 Å². The van der Waals surface area contributed by atoms with E-state index in [0.29, 0.717) is 9.90 Å². The van der Waals surface area contributed by atoms with E-state index in [0.717, 1.165) is 16.3 Å². The van der Waals surface area contributed by atoms with Gasteiger partial charge in [0.2, 0.25) is 0 Å². The fraction of sp³-hybridized carbons (Fsp3) is 0.182. The van der Waals surface area contributed by atoms with E-state index >= 15 is 0 Å². The van der Waals surface area contributed by atoms with Gasteiger partial charge in [0.15, 0.2) is 0 Å². The van der Waals surface area contributed by atoms with E-state index in [-0.39, 0.29) is 5.82 Å². The first kappa shape index (κ1) is 10.6. The summed E-state index contributed by atoms with van der Waals surface area (Å²) in [5, 5.41) is 0.834. The zero-order valence-corrected chi connectivity index (χ0v) is 9.92. The third kappa shape index (κ3) is 2.03. The van der Waals surface area contributed by atoms with Crippen LogP contribution in [0.5, 0.6) is 0 Å². The van der Waals surface area contributed by atoms with Crippen molar-refractivity contribution in [3.05, 3.63) is 39.6 Å². The molecule has 0 aliphatic rings. The molecule has 0 aliphatic carbocycles. The molecule has 0 fully saturated rings. The van der Waals surface area contributed by atoms with E-state index in [1.165, 1.54) is 17.4 Å². The molecule has 0 radical (unpaired) electrons. The van der Waals surface area contributed by atoms with E-state index < -0.39 is 0 Å². The molecule has 4 heteroatoms. The van der Waals surface area contributed by atoms with Crippen molar-refractivity contribution in [3.8, 4) is 10.6 Å². The van der Waals surface area contributed by atoms with Crippen molar-refractivity contribution in [2.75, 3.05) is 0 Å². The molecule has 1 nitrogen and oxygen atoms in total. The van der Waals surface area contributed by atoms with E-state index in [1.807, 2.05) is 6.92 Å². The van der Waals surface area contributed by atoms with Gasteiger partial charge in [-0.15, -0.1) is 11.3 Å². The van der Waals surface area contributed by atoms with Crippen LogP contribution in [0.15, 0.2) is 18.2 Å². The van der Waals surface area contributed by atoms with Crippen LogP contribution in [-0.2, 0) is 0 Å². The second-order valence-corrected chi connectivity index (χ2v) is 4.94. The first-order valence-corrected chi connectivity index (χ1v) is 5.67. The fourth-order valence-corrected chi connectivity index (χ4v) is 2.33. The highest BCUT2D eigenvalue weighted by atomic mass is 35.5. The van der Waals surface area contributed by atoms with Gasteiger partial charge in [-0.3, -0.25) is 0 Å². The van der Waals surface area contributed by atoms with Crippen LogP contribution in [0.3, 0.4) is 0 Å². The molecule has 0 N–H and O–H groups in total. The number of benzene rings is 1. The molecule has 0 atom stereocenters. The number of thiazole rings is 1. The van der Waals surface area contributed by atoms with E-state index in [2.05, 4.69) is 4.98 Å². The van der Waals surface area contributed by atoms with Gasteiger partial charge < -0.3 is 0 Å². The summed E-state index contributed by atoms with van der Waals surface area (Å²) in [7, 11) is 0. The van der Waals surface area contributed by atoms with Gasteiger partial charge in [-0.05, 0) is 37.6 Å². The largest absolute Gasteiger partial charge is 0.240 e. The number of hydrogen-bond acceptors (Lipinski definition) is 2. The number of aromatic nitrogens is 1. The predicted octanol–water partition coefficient (Wildman–Crippen LogP) is 4.22. The fourth-order valence-electron chi connectivity index (χ4n) is 1.28. The Morgan fingerprint density at radius 2 is 2.07 bits per heavy atom. The minimum atomic E-state index is -0.196. The summed E-state index contributed by atoms with van der Waals surface area (Å²) >= 11 is 7.35. The Bertz CT molecular complexity index is 488. The average Bonchev–Trinajstić information content (AvgIpc) is 2.52. The molecule has 1 aromatic carbocycles. The van der Waals surface area contributed by atoms with Crippen molar-refractivity contribution in [1.29, 1.82) is 0 Å². The Kier molecular flexibility index (Phi) is 2.76. The first-order chi connectivity index (χ1) is 7.08. The SMILES string of the molecule is Cc1cc(-c2nc(C)c(Cl)s2)ccc1F. The molecular formula is C11H9ClFNS. The van der Waals surface area contributed by atoms with Crippen LogP contribution >= 0.6 is 22.9 Å². The molecule has 2 aromatic rings. The first-order valence-electron chi connectivity index (χ1n) is 4.47. The minimum Gasteiger partial charge on any atom is -0.240 e. The molecule has 0 bridgehead atoms. The van der Waals surface area contributed by atoms with Crippen molar-refractivity contribution < 1.29 is 4.39 Å². The Labute approximate surface area is 96.5 Å². The van der Waals surface area contributed by atoms with Gasteiger partial charge in [-0.25, -0.2) is 9.37 Å². The molecule has 0 aliphatic heterocycles. The summed E-state index contributed by atoms with van der Waals surface area (Å²) in [5.74, 6) is -0.196. The summed E-state index contributed by atoms with van der Waals surface area (Å²) in [5.41, 5.74) is 2.35. The number of halogens is 2. The van der Waals surface area contributed by atoms with Gasteiger partial charge in [0.1, 0.15) is 15.2 Å². The van der Waals surface area contributed by atoms with Crippen LogP contribution < -0.4 is 0 Å². The van der Waals surface area contributed by atoms with Gasteiger partial charge in [-0.2, -0.15) is 0 Å². The van der Waals surface area contributed by atoms with Crippen LogP contribution in [0.2, 0.25) is 4.34 Å². The highest BCUT2D eigenvalue weighted by Gasteiger charge is 2.08. The highest BCUT2D eigenvalue weighted by molar-refractivity contribution is 7.19. The maximum Gasteiger partial charge on any atom is 0.126 e. The summed E-state index contributed by atoms with van der Waals surface area (Å²) in [4.78, 5) is 4.32. The van der Waals surface area contributed by atoms with Gasteiger partial charge in [0.25, 0.3) is 0 Å². The van der Waals surface area contributed by atoms with Crippen molar-refractivity contribution in [2.24, 2.45) is 0 Å².